The number of rotatable bonds is 1. The van der Waals surface area contributed by atoms with E-state index in [1.807, 2.05) is 0 Å². The van der Waals surface area contributed by atoms with Crippen LogP contribution in [0.5, 0.6) is 0 Å². The second-order valence-corrected chi connectivity index (χ2v) is 12.2. The minimum Gasteiger partial charge on any atom is -0.468 e. The van der Waals surface area contributed by atoms with E-state index in [1.165, 1.54) is 13.2 Å². The van der Waals surface area contributed by atoms with E-state index in [1.54, 1.807) is 47.6 Å². The number of carbonyl (C=O) groups excluding carboxylic acids is 3. The first-order valence-corrected chi connectivity index (χ1v) is 12.3. The summed E-state index contributed by atoms with van der Waals surface area (Å²) in [5.41, 5.74) is -6.49. The summed E-state index contributed by atoms with van der Waals surface area (Å²) in [6, 6.07) is 0. The van der Waals surface area contributed by atoms with Crippen molar-refractivity contribution in [1.82, 2.24) is 0 Å². The molecule has 2 N–H and O–H groups in total. The summed E-state index contributed by atoms with van der Waals surface area (Å²) in [6.07, 6.45) is -0.0334. The van der Waals surface area contributed by atoms with Gasteiger partial charge in [0.1, 0.15) is 17.1 Å². The van der Waals surface area contributed by atoms with Crippen LogP contribution < -0.4 is 0 Å². The molecule has 0 aromatic carbocycles. The molecule has 0 unspecified atom stereocenters. The van der Waals surface area contributed by atoms with E-state index in [0.717, 1.165) is 0 Å². The molecule has 6 aliphatic rings. The Labute approximate surface area is 208 Å². The van der Waals surface area contributed by atoms with Crippen molar-refractivity contribution in [3.63, 3.8) is 0 Å². The third-order valence-corrected chi connectivity index (χ3v) is 10.3. The highest BCUT2D eigenvalue weighted by molar-refractivity contribution is 5.89. The molecule has 6 rings (SSSR count). The predicted molar refractivity (Wildman–Crippen MR) is 119 cm³/mol. The van der Waals surface area contributed by atoms with Crippen LogP contribution in [0.4, 0.5) is 0 Å². The molecule has 4 fully saturated rings. The molecule has 0 aromatic heterocycles. The lowest BCUT2D eigenvalue weighted by Gasteiger charge is -2.64. The van der Waals surface area contributed by atoms with Crippen LogP contribution in [-0.4, -0.2) is 70.7 Å². The molecule has 0 bridgehead atoms. The number of cyclic esters (lactones) is 1. The van der Waals surface area contributed by atoms with E-state index < -0.39 is 81.5 Å². The second kappa shape index (κ2) is 6.40. The molecule has 0 aromatic rings. The average Bonchev–Trinajstić information content (AvgIpc) is 3.11. The van der Waals surface area contributed by atoms with Gasteiger partial charge < -0.3 is 33.9 Å². The van der Waals surface area contributed by atoms with Crippen molar-refractivity contribution in [3.05, 3.63) is 23.3 Å². The van der Waals surface area contributed by atoms with E-state index in [-0.39, 0.29) is 6.42 Å². The average molecular weight is 505 g/mol. The van der Waals surface area contributed by atoms with Crippen molar-refractivity contribution in [2.45, 2.75) is 83.5 Å². The van der Waals surface area contributed by atoms with Crippen molar-refractivity contribution in [2.24, 2.45) is 28.1 Å². The second-order valence-electron chi connectivity index (χ2n) is 12.2. The van der Waals surface area contributed by atoms with Gasteiger partial charge in [-0.05, 0) is 58.3 Å². The molecule has 10 nitrogen and oxygen atoms in total. The van der Waals surface area contributed by atoms with Crippen LogP contribution in [0.1, 0.15) is 48.0 Å². The monoisotopic (exact) mass is 504 g/mol. The maximum atomic E-state index is 14.1. The minimum atomic E-state index is -2.21. The normalized spacial score (nSPS) is 53.8. The number of carbonyl (C=O) groups is 3. The third-order valence-electron chi connectivity index (χ3n) is 10.3. The standard InChI is InChI=1S/C26H32O10/c1-11-26(31)25(20(29)32-7)17-18(33-11)34-19(28)22(17,4)10-14-23(25,5)15(35-26)8-12-13(24(14,6)30)9-16(27)36-21(12,2)3/h8-9,11,14-15,17-18,30-31H,10H2,1-7H3/t11-,14+,15+,17+,18+,22+,23+,24+,25-,26+/m0/s1. The summed E-state index contributed by atoms with van der Waals surface area (Å²) < 4.78 is 29.1. The first-order chi connectivity index (χ1) is 16.5. The fourth-order valence-corrected chi connectivity index (χ4v) is 8.68. The highest BCUT2D eigenvalue weighted by Gasteiger charge is 2.91. The lowest BCUT2D eigenvalue weighted by Crippen LogP contribution is -2.77. The first kappa shape index (κ1) is 24.1. The molecular weight excluding hydrogens is 472 g/mol. The lowest BCUT2D eigenvalue weighted by molar-refractivity contribution is -0.377. The van der Waals surface area contributed by atoms with Gasteiger partial charge in [0, 0.05) is 17.4 Å². The highest BCUT2D eigenvalue weighted by atomic mass is 16.7. The Balaban J connectivity index is 1.75. The maximum Gasteiger partial charge on any atom is 0.332 e. The molecule has 10 heteroatoms. The Morgan fingerprint density at radius 1 is 1.11 bits per heavy atom. The summed E-state index contributed by atoms with van der Waals surface area (Å²) in [5, 5.41) is 24.7. The number of aliphatic hydroxyl groups is 2. The summed E-state index contributed by atoms with van der Waals surface area (Å²) in [7, 11) is 1.22. The summed E-state index contributed by atoms with van der Waals surface area (Å²) >= 11 is 0. The van der Waals surface area contributed by atoms with Crippen LogP contribution in [0.3, 0.4) is 0 Å². The van der Waals surface area contributed by atoms with Gasteiger partial charge in [-0.25, -0.2) is 4.79 Å². The predicted octanol–water partition coefficient (Wildman–Crippen LogP) is 1.14. The lowest BCUT2D eigenvalue weighted by atomic mass is 9.37. The number of ether oxygens (including phenoxy) is 5. The Hall–Kier alpha value is -2.27. The van der Waals surface area contributed by atoms with Crippen LogP contribution in [0.15, 0.2) is 23.3 Å². The number of fused-ring (bicyclic) bond motifs is 1. The van der Waals surface area contributed by atoms with Gasteiger partial charge in [0.25, 0.3) is 0 Å². The van der Waals surface area contributed by atoms with Gasteiger partial charge in [0.15, 0.2) is 0 Å². The van der Waals surface area contributed by atoms with E-state index >= 15 is 0 Å². The molecule has 36 heavy (non-hydrogen) atoms. The molecule has 0 spiro atoms. The fraction of sp³-hybridized carbons (Fsp3) is 0.731. The highest BCUT2D eigenvalue weighted by Crippen LogP contribution is 2.79. The summed E-state index contributed by atoms with van der Waals surface area (Å²) in [4.78, 5) is 40.1. The minimum absolute atomic E-state index is 0.0941. The van der Waals surface area contributed by atoms with Crippen LogP contribution in [0, 0.1) is 28.1 Å². The third kappa shape index (κ3) is 2.20. The van der Waals surface area contributed by atoms with Crippen LogP contribution in [-0.2, 0) is 38.1 Å². The molecule has 196 valence electrons. The zero-order chi connectivity index (χ0) is 26.4. The molecule has 1 saturated carbocycles. The van der Waals surface area contributed by atoms with Gasteiger partial charge in [0.05, 0.1) is 30.1 Å². The zero-order valence-electron chi connectivity index (χ0n) is 21.4. The van der Waals surface area contributed by atoms with Crippen LogP contribution in [0.25, 0.3) is 0 Å². The number of hydrogen-bond donors (Lipinski definition) is 2. The topological polar surface area (TPSA) is 138 Å². The molecule has 2 aliphatic carbocycles. The quantitative estimate of drug-likeness (QED) is 0.395. The van der Waals surface area contributed by atoms with E-state index in [9.17, 15) is 24.6 Å². The summed E-state index contributed by atoms with van der Waals surface area (Å²) in [6.45, 7) is 10.0. The van der Waals surface area contributed by atoms with Gasteiger partial charge >= 0.3 is 17.9 Å². The molecule has 4 aliphatic heterocycles. The van der Waals surface area contributed by atoms with Crippen LogP contribution >= 0.6 is 0 Å². The number of esters is 3. The Bertz CT molecular complexity index is 1180. The summed E-state index contributed by atoms with van der Waals surface area (Å²) in [5.74, 6) is -5.97. The van der Waals surface area contributed by atoms with Crippen molar-refractivity contribution in [3.8, 4) is 0 Å². The van der Waals surface area contributed by atoms with E-state index in [0.29, 0.717) is 11.1 Å². The molecule has 0 amide bonds. The van der Waals surface area contributed by atoms with Gasteiger partial charge in [-0.15, -0.1) is 0 Å². The van der Waals surface area contributed by atoms with Crippen molar-refractivity contribution < 1.29 is 48.3 Å². The van der Waals surface area contributed by atoms with Crippen molar-refractivity contribution in [2.75, 3.05) is 7.11 Å². The van der Waals surface area contributed by atoms with Crippen molar-refractivity contribution >= 4 is 17.9 Å². The molecule has 3 saturated heterocycles. The van der Waals surface area contributed by atoms with E-state index in [2.05, 4.69) is 0 Å². The molecule has 0 radical (unpaired) electrons. The molecule has 4 heterocycles. The largest absolute Gasteiger partial charge is 0.468 e. The molecular formula is C26H32O10. The number of hydrogen-bond acceptors (Lipinski definition) is 10. The first-order valence-electron chi connectivity index (χ1n) is 12.3. The SMILES string of the molecule is COC(=O)[C@@]12[C@@H]3[C@H]4OC(=O)[C@]3(C)C[C@@H]3[C@]1(C)[C@@H](C=C1C(=CC(=O)OC1(C)C)[C@@]3(C)O)O[C@]2(O)[C@H](C)O4. The van der Waals surface area contributed by atoms with E-state index in [4.69, 9.17) is 23.7 Å². The van der Waals surface area contributed by atoms with Gasteiger partial charge in [0.2, 0.25) is 12.1 Å². The van der Waals surface area contributed by atoms with Gasteiger partial charge in [-0.1, -0.05) is 6.92 Å². The maximum absolute atomic E-state index is 14.1. The smallest absolute Gasteiger partial charge is 0.332 e. The Morgan fingerprint density at radius 3 is 2.42 bits per heavy atom. The Morgan fingerprint density at radius 2 is 1.78 bits per heavy atom. The number of methoxy groups -OCH3 is 1. The van der Waals surface area contributed by atoms with Gasteiger partial charge in [-0.3, -0.25) is 9.59 Å². The van der Waals surface area contributed by atoms with Gasteiger partial charge in [-0.2, -0.15) is 0 Å². The fourth-order valence-electron chi connectivity index (χ4n) is 8.68. The van der Waals surface area contributed by atoms with Crippen LogP contribution in [0.2, 0.25) is 0 Å². The molecule has 10 atom stereocenters. The van der Waals surface area contributed by atoms with Crippen molar-refractivity contribution in [1.29, 1.82) is 0 Å². The Kier molecular flexibility index (Phi) is 4.29. The zero-order valence-corrected chi connectivity index (χ0v) is 21.4.